The van der Waals surface area contributed by atoms with E-state index in [-0.39, 0.29) is 0 Å². The van der Waals surface area contributed by atoms with Gasteiger partial charge in [-0.1, -0.05) is 68.5 Å². The van der Waals surface area contributed by atoms with E-state index in [2.05, 4.69) is 73.8 Å². The first-order valence-corrected chi connectivity index (χ1v) is 7.59. The molecule has 0 spiro atoms. The number of hydrogen-bond acceptors (Lipinski definition) is 1. The molecule has 0 aliphatic heterocycles. The highest BCUT2D eigenvalue weighted by molar-refractivity contribution is 5.85. The molecule has 0 fully saturated rings. The molecule has 2 aromatic rings. The third-order valence-corrected chi connectivity index (χ3v) is 3.42. The molecule has 0 bridgehead atoms. The second-order valence-electron chi connectivity index (χ2n) is 5.70. The fourth-order valence-electron chi connectivity index (χ4n) is 2.37. The Morgan fingerprint density at radius 1 is 1.00 bits per heavy atom. The van der Waals surface area contributed by atoms with Crippen LogP contribution in [0.4, 0.5) is 0 Å². The normalized spacial score (nSPS) is 11.8. The molecular formula is C19H25N. The van der Waals surface area contributed by atoms with Gasteiger partial charge in [0.15, 0.2) is 0 Å². The standard InChI is InChI=1S/C19H25N/c1-16(2)15-20-14-7-3-4-9-17-11-8-12-18-10-5-6-13-19(17)18/h3-6,8,10-13,16,20H,7,9,14-15H2,1-2H3. The minimum atomic E-state index is 0.731. The average molecular weight is 267 g/mol. The van der Waals surface area contributed by atoms with Gasteiger partial charge in [0.05, 0.1) is 0 Å². The van der Waals surface area contributed by atoms with Gasteiger partial charge in [0.2, 0.25) is 0 Å². The van der Waals surface area contributed by atoms with Crippen molar-refractivity contribution in [3.63, 3.8) is 0 Å². The summed E-state index contributed by atoms with van der Waals surface area (Å²) in [5.41, 5.74) is 1.41. The maximum Gasteiger partial charge on any atom is -0.00142 e. The van der Waals surface area contributed by atoms with Gasteiger partial charge in [-0.2, -0.15) is 0 Å². The highest BCUT2D eigenvalue weighted by Crippen LogP contribution is 2.19. The monoisotopic (exact) mass is 267 g/mol. The van der Waals surface area contributed by atoms with Gasteiger partial charge in [0.25, 0.3) is 0 Å². The van der Waals surface area contributed by atoms with Crippen molar-refractivity contribution in [2.24, 2.45) is 5.92 Å². The van der Waals surface area contributed by atoms with Crippen LogP contribution in [-0.4, -0.2) is 13.1 Å². The number of nitrogens with one attached hydrogen (secondary N) is 1. The van der Waals surface area contributed by atoms with Crippen LogP contribution in [0.3, 0.4) is 0 Å². The van der Waals surface area contributed by atoms with E-state index in [0.717, 1.165) is 31.8 Å². The van der Waals surface area contributed by atoms with Crippen molar-refractivity contribution in [1.82, 2.24) is 5.32 Å². The Balaban J connectivity index is 1.83. The fourth-order valence-corrected chi connectivity index (χ4v) is 2.37. The molecule has 0 saturated heterocycles. The van der Waals surface area contributed by atoms with Crippen LogP contribution >= 0.6 is 0 Å². The zero-order valence-corrected chi connectivity index (χ0v) is 12.6. The van der Waals surface area contributed by atoms with E-state index >= 15 is 0 Å². The van der Waals surface area contributed by atoms with Gasteiger partial charge in [0.1, 0.15) is 0 Å². The number of rotatable bonds is 7. The SMILES string of the molecule is CC(C)CNCCC=CCc1cccc2ccccc12. The van der Waals surface area contributed by atoms with Crippen LogP contribution < -0.4 is 5.32 Å². The van der Waals surface area contributed by atoms with E-state index < -0.39 is 0 Å². The zero-order chi connectivity index (χ0) is 14.2. The van der Waals surface area contributed by atoms with Crippen molar-refractivity contribution in [2.45, 2.75) is 26.7 Å². The van der Waals surface area contributed by atoms with Crippen molar-refractivity contribution in [3.8, 4) is 0 Å². The Bertz CT molecular complexity index is 549. The van der Waals surface area contributed by atoms with Crippen molar-refractivity contribution >= 4 is 10.8 Å². The van der Waals surface area contributed by atoms with Crippen LogP contribution in [0, 0.1) is 5.92 Å². The van der Waals surface area contributed by atoms with Crippen molar-refractivity contribution < 1.29 is 0 Å². The number of hydrogen-bond donors (Lipinski definition) is 1. The summed E-state index contributed by atoms with van der Waals surface area (Å²) < 4.78 is 0. The summed E-state index contributed by atoms with van der Waals surface area (Å²) in [7, 11) is 0. The Morgan fingerprint density at radius 3 is 2.65 bits per heavy atom. The van der Waals surface area contributed by atoms with E-state index in [0.29, 0.717) is 0 Å². The lowest BCUT2D eigenvalue weighted by atomic mass is 10.0. The Kier molecular flexibility index (Phi) is 5.82. The van der Waals surface area contributed by atoms with Crippen LogP contribution in [0.1, 0.15) is 25.8 Å². The molecule has 1 N–H and O–H groups in total. The van der Waals surface area contributed by atoms with Crippen LogP contribution in [0.15, 0.2) is 54.6 Å². The summed E-state index contributed by atoms with van der Waals surface area (Å²) in [6.45, 7) is 6.66. The first-order valence-electron chi connectivity index (χ1n) is 7.59. The van der Waals surface area contributed by atoms with E-state index in [4.69, 9.17) is 0 Å². The summed E-state index contributed by atoms with van der Waals surface area (Å²) in [6, 6.07) is 15.2. The predicted octanol–water partition coefficient (Wildman–Crippen LogP) is 4.57. The summed E-state index contributed by atoms with van der Waals surface area (Å²) >= 11 is 0. The highest BCUT2D eigenvalue weighted by Gasteiger charge is 1.97. The molecule has 20 heavy (non-hydrogen) atoms. The molecule has 0 unspecified atom stereocenters. The lowest BCUT2D eigenvalue weighted by Crippen LogP contribution is -2.20. The molecule has 0 aromatic heterocycles. The quantitative estimate of drug-likeness (QED) is 0.572. The molecule has 0 aliphatic carbocycles. The number of fused-ring (bicyclic) bond motifs is 1. The van der Waals surface area contributed by atoms with E-state index in [1.165, 1.54) is 16.3 Å². The smallest absolute Gasteiger partial charge is 0.00142 e. The van der Waals surface area contributed by atoms with Gasteiger partial charge in [-0.15, -0.1) is 0 Å². The molecule has 0 aliphatic rings. The summed E-state index contributed by atoms with van der Waals surface area (Å²) in [6.07, 6.45) is 6.71. The van der Waals surface area contributed by atoms with E-state index in [1.807, 2.05) is 0 Å². The third-order valence-electron chi connectivity index (χ3n) is 3.42. The van der Waals surface area contributed by atoms with Crippen molar-refractivity contribution in [3.05, 3.63) is 60.2 Å². The zero-order valence-electron chi connectivity index (χ0n) is 12.6. The molecule has 2 rings (SSSR count). The summed E-state index contributed by atoms with van der Waals surface area (Å²) in [5.74, 6) is 0.731. The maximum absolute atomic E-state index is 3.46. The van der Waals surface area contributed by atoms with Gasteiger partial charge >= 0.3 is 0 Å². The minimum Gasteiger partial charge on any atom is -0.316 e. The molecule has 0 atom stereocenters. The van der Waals surface area contributed by atoms with Gasteiger partial charge in [-0.25, -0.2) is 0 Å². The summed E-state index contributed by atoms with van der Waals surface area (Å²) in [5, 5.41) is 6.17. The van der Waals surface area contributed by atoms with Gasteiger partial charge in [-0.3, -0.25) is 0 Å². The van der Waals surface area contributed by atoms with Crippen LogP contribution in [0.25, 0.3) is 10.8 Å². The molecule has 0 radical (unpaired) electrons. The fraction of sp³-hybridized carbons (Fsp3) is 0.368. The first-order chi connectivity index (χ1) is 9.77. The van der Waals surface area contributed by atoms with Gasteiger partial charge in [-0.05, 0) is 48.2 Å². The van der Waals surface area contributed by atoms with Crippen LogP contribution in [0.2, 0.25) is 0 Å². The highest BCUT2D eigenvalue weighted by atomic mass is 14.8. The largest absolute Gasteiger partial charge is 0.316 e. The minimum absolute atomic E-state index is 0.731. The molecule has 106 valence electrons. The lowest BCUT2D eigenvalue weighted by molar-refractivity contribution is 0.556. The Labute approximate surface area is 122 Å². The van der Waals surface area contributed by atoms with Crippen LogP contribution in [-0.2, 0) is 6.42 Å². The molecule has 0 heterocycles. The Morgan fingerprint density at radius 2 is 1.80 bits per heavy atom. The molecule has 0 amide bonds. The Hall–Kier alpha value is -1.60. The molecule has 1 heteroatoms. The van der Waals surface area contributed by atoms with Crippen LogP contribution in [0.5, 0.6) is 0 Å². The second kappa shape index (κ2) is 7.86. The van der Waals surface area contributed by atoms with Crippen molar-refractivity contribution in [2.75, 3.05) is 13.1 Å². The number of benzene rings is 2. The van der Waals surface area contributed by atoms with Crippen molar-refractivity contribution in [1.29, 1.82) is 0 Å². The van der Waals surface area contributed by atoms with E-state index in [9.17, 15) is 0 Å². The molecule has 1 nitrogen and oxygen atoms in total. The predicted molar refractivity (Wildman–Crippen MR) is 89.1 cm³/mol. The summed E-state index contributed by atoms with van der Waals surface area (Å²) in [4.78, 5) is 0. The topological polar surface area (TPSA) is 12.0 Å². The molecule has 2 aromatic carbocycles. The number of allylic oxidation sites excluding steroid dienone is 1. The molecule has 0 saturated carbocycles. The maximum atomic E-state index is 3.46. The third kappa shape index (κ3) is 4.50. The molecular weight excluding hydrogens is 242 g/mol. The second-order valence-corrected chi connectivity index (χ2v) is 5.70. The first kappa shape index (κ1) is 14.8. The lowest BCUT2D eigenvalue weighted by Gasteiger charge is -2.05. The van der Waals surface area contributed by atoms with Gasteiger partial charge in [0, 0.05) is 0 Å². The van der Waals surface area contributed by atoms with E-state index in [1.54, 1.807) is 0 Å². The van der Waals surface area contributed by atoms with Gasteiger partial charge < -0.3 is 5.32 Å². The average Bonchev–Trinajstić information content (AvgIpc) is 2.46.